The second kappa shape index (κ2) is 3.58. The maximum atomic E-state index is 11.7. The maximum absolute atomic E-state index is 11.7. The van der Waals surface area contributed by atoms with Crippen molar-refractivity contribution in [3.8, 4) is 0 Å². The Balaban J connectivity index is 2.89. The summed E-state index contributed by atoms with van der Waals surface area (Å²) in [5, 5.41) is -0.223. The summed E-state index contributed by atoms with van der Waals surface area (Å²) in [6, 6.07) is 0. The normalized spacial score (nSPS) is 28.7. The molecule has 0 bridgehead atoms. The number of rotatable bonds is 2. The molecule has 0 radical (unpaired) electrons. The summed E-state index contributed by atoms with van der Waals surface area (Å²) in [7, 11) is -2.87. The molecule has 1 unspecified atom stereocenters. The van der Waals surface area contributed by atoms with Crippen LogP contribution in [0.15, 0.2) is 0 Å². The van der Waals surface area contributed by atoms with Gasteiger partial charge in [0.2, 0.25) is 0 Å². The van der Waals surface area contributed by atoms with Gasteiger partial charge in [-0.2, -0.15) is 0 Å². The van der Waals surface area contributed by atoms with Crippen molar-refractivity contribution in [1.29, 1.82) is 0 Å². The third-order valence-corrected chi connectivity index (χ3v) is 5.57. The first-order chi connectivity index (χ1) is 5.90. The van der Waals surface area contributed by atoms with E-state index in [0.29, 0.717) is 12.3 Å². The summed E-state index contributed by atoms with van der Waals surface area (Å²) >= 11 is 0. The third-order valence-electron chi connectivity index (χ3n) is 2.98. The van der Waals surface area contributed by atoms with Gasteiger partial charge in [-0.1, -0.05) is 20.3 Å². The van der Waals surface area contributed by atoms with Crippen LogP contribution in [0.25, 0.3) is 0 Å². The Hall–Kier alpha value is -0.0900. The highest BCUT2D eigenvalue weighted by Crippen LogP contribution is 2.33. The molecule has 0 aliphatic carbocycles. The Morgan fingerprint density at radius 2 is 2.00 bits per heavy atom. The average Bonchev–Trinajstić information content (AvgIpc) is 2.03. The zero-order valence-electron chi connectivity index (χ0n) is 8.41. The summed E-state index contributed by atoms with van der Waals surface area (Å²) in [5.74, 6) is 0.348. The van der Waals surface area contributed by atoms with Gasteiger partial charge >= 0.3 is 0 Å². The Labute approximate surface area is 80.6 Å². The smallest absolute Gasteiger partial charge is 0.153 e. The first-order valence-corrected chi connectivity index (χ1v) is 6.53. The van der Waals surface area contributed by atoms with Gasteiger partial charge in [-0.25, -0.2) is 8.42 Å². The van der Waals surface area contributed by atoms with Crippen molar-refractivity contribution in [3.63, 3.8) is 0 Å². The van der Waals surface area contributed by atoms with E-state index in [2.05, 4.69) is 0 Å². The van der Waals surface area contributed by atoms with Crippen LogP contribution < -0.4 is 5.73 Å². The molecular formula is C9H19NO2S. The molecule has 0 aromatic rings. The highest BCUT2D eigenvalue weighted by Gasteiger charge is 2.39. The van der Waals surface area contributed by atoms with Gasteiger partial charge < -0.3 is 5.73 Å². The van der Waals surface area contributed by atoms with E-state index in [1.807, 2.05) is 13.8 Å². The minimum absolute atomic E-state index is 0.223. The van der Waals surface area contributed by atoms with E-state index in [-0.39, 0.29) is 10.7 Å². The van der Waals surface area contributed by atoms with E-state index < -0.39 is 9.84 Å². The van der Waals surface area contributed by atoms with Crippen LogP contribution in [0.3, 0.4) is 0 Å². The average molecular weight is 205 g/mol. The molecule has 1 aliphatic heterocycles. The number of nitrogens with two attached hydrogens (primary N) is 1. The van der Waals surface area contributed by atoms with Gasteiger partial charge in [-0.05, 0) is 24.8 Å². The number of hydrogen-bond donors (Lipinski definition) is 1. The molecular weight excluding hydrogens is 186 g/mol. The Bertz CT molecular complexity index is 269. The van der Waals surface area contributed by atoms with E-state index >= 15 is 0 Å². The molecule has 0 spiro atoms. The monoisotopic (exact) mass is 205 g/mol. The Morgan fingerprint density at radius 1 is 1.38 bits per heavy atom. The molecule has 1 aliphatic rings. The number of hydrogen-bond acceptors (Lipinski definition) is 3. The fourth-order valence-electron chi connectivity index (χ4n) is 1.96. The topological polar surface area (TPSA) is 60.2 Å². The molecule has 1 fully saturated rings. The van der Waals surface area contributed by atoms with Crippen molar-refractivity contribution in [3.05, 3.63) is 0 Å². The fraction of sp³-hybridized carbons (Fsp3) is 1.00. The van der Waals surface area contributed by atoms with Crippen LogP contribution in [-0.2, 0) is 9.84 Å². The van der Waals surface area contributed by atoms with E-state index in [1.165, 1.54) is 0 Å². The molecule has 1 heterocycles. The van der Waals surface area contributed by atoms with E-state index in [0.717, 1.165) is 19.3 Å². The molecule has 3 nitrogen and oxygen atoms in total. The van der Waals surface area contributed by atoms with Gasteiger partial charge in [0.05, 0.1) is 11.0 Å². The van der Waals surface area contributed by atoms with Crippen molar-refractivity contribution in [2.45, 2.75) is 38.4 Å². The predicted molar refractivity (Wildman–Crippen MR) is 54.3 cm³/mol. The van der Waals surface area contributed by atoms with Gasteiger partial charge in [0.1, 0.15) is 0 Å². The SMILES string of the molecule is CC(C)(CN)C1CCCCS1(=O)=O. The van der Waals surface area contributed by atoms with Gasteiger partial charge in [0.25, 0.3) is 0 Å². The molecule has 0 saturated carbocycles. The van der Waals surface area contributed by atoms with Crippen LogP contribution in [0.1, 0.15) is 33.1 Å². The second-order valence-electron chi connectivity index (χ2n) is 4.54. The minimum Gasteiger partial charge on any atom is -0.330 e. The lowest BCUT2D eigenvalue weighted by molar-refractivity contribution is 0.324. The molecule has 1 atom stereocenters. The lowest BCUT2D eigenvalue weighted by atomic mass is 9.86. The summed E-state index contributed by atoms with van der Waals surface area (Å²) in [6.45, 7) is 4.33. The lowest BCUT2D eigenvalue weighted by Gasteiger charge is -2.35. The minimum atomic E-state index is -2.87. The van der Waals surface area contributed by atoms with Crippen molar-refractivity contribution >= 4 is 9.84 Å². The molecule has 0 aromatic heterocycles. The van der Waals surface area contributed by atoms with Gasteiger partial charge in [0.15, 0.2) is 9.84 Å². The second-order valence-corrected chi connectivity index (χ2v) is 6.85. The van der Waals surface area contributed by atoms with Gasteiger partial charge in [-0.3, -0.25) is 0 Å². The zero-order valence-corrected chi connectivity index (χ0v) is 9.23. The van der Waals surface area contributed by atoms with E-state index in [4.69, 9.17) is 5.73 Å². The Morgan fingerprint density at radius 3 is 2.46 bits per heavy atom. The van der Waals surface area contributed by atoms with Crippen molar-refractivity contribution < 1.29 is 8.42 Å². The highest BCUT2D eigenvalue weighted by molar-refractivity contribution is 7.92. The fourth-order valence-corrected chi connectivity index (χ4v) is 4.45. The summed E-state index contributed by atoms with van der Waals surface area (Å²) < 4.78 is 23.5. The van der Waals surface area contributed by atoms with Gasteiger partial charge in [-0.15, -0.1) is 0 Å². The molecule has 4 heteroatoms. The van der Waals surface area contributed by atoms with E-state index in [9.17, 15) is 8.42 Å². The molecule has 0 aromatic carbocycles. The van der Waals surface area contributed by atoms with Crippen LogP contribution in [0.2, 0.25) is 0 Å². The molecule has 1 saturated heterocycles. The molecule has 1 rings (SSSR count). The Kier molecular flexibility index (Phi) is 3.02. The molecule has 0 amide bonds. The van der Waals surface area contributed by atoms with Crippen LogP contribution in [-0.4, -0.2) is 26.0 Å². The molecule has 2 N–H and O–H groups in total. The van der Waals surface area contributed by atoms with Crippen molar-refractivity contribution in [2.24, 2.45) is 11.1 Å². The number of sulfone groups is 1. The van der Waals surface area contributed by atoms with Crippen molar-refractivity contribution in [1.82, 2.24) is 0 Å². The molecule has 78 valence electrons. The maximum Gasteiger partial charge on any atom is 0.153 e. The lowest BCUT2D eigenvalue weighted by Crippen LogP contribution is -2.44. The van der Waals surface area contributed by atoms with Crippen LogP contribution in [0, 0.1) is 5.41 Å². The zero-order chi connectivity index (χ0) is 10.1. The highest BCUT2D eigenvalue weighted by atomic mass is 32.2. The first kappa shape index (κ1) is 11.0. The van der Waals surface area contributed by atoms with E-state index in [1.54, 1.807) is 0 Å². The molecule has 13 heavy (non-hydrogen) atoms. The summed E-state index contributed by atoms with van der Waals surface area (Å²) in [5.41, 5.74) is 5.33. The van der Waals surface area contributed by atoms with Gasteiger partial charge in [0, 0.05) is 0 Å². The predicted octanol–water partition coefficient (Wildman–Crippen LogP) is 0.939. The quantitative estimate of drug-likeness (QED) is 0.730. The summed E-state index contributed by atoms with van der Waals surface area (Å²) in [4.78, 5) is 0. The third kappa shape index (κ3) is 2.23. The largest absolute Gasteiger partial charge is 0.330 e. The van der Waals surface area contributed by atoms with Crippen LogP contribution >= 0.6 is 0 Å². The van der Waals surface area contributed by atoms with Crippen LogP contribution in [0.5, 0.6) is 0 Å². The van der Waals surface area contributed by atoms with Crippen LogP contribution in [0.4, 0.5) is 0 Å². The first-order valence-electron chi connectivity index (χ1n) is 4.82. The van der Waals surface area contributed by atoms with Crippen molar-refractivity contribution in [2.75, 3.05) is 12.3 Å². The standard InChI is InChI=1S/C9H19NO2S/c1-9(2,7-10)8-5-3-4-6-13(8,11)12/h8H,3-7,10H2,1-2H3. The summed E-state index contributed by atoms with van der Waals surface area (Å²) in [6.07, 6.45) is 2.62.